The van der Waals surface area contributed by atoms with E-state index in [-0.39, 0.29) is 17.4 Å². The molecule has 0 radical (unpaired) electrons. The van der Waals surface area contributed by atoms with Crippen molar-refractivity contribution in [2.45, 2.75) is 26.7 Å². The van der Waals surface area contributed by atoms with Crippen LogP contribution in [0.15, 0.2) is 41.2 Å². The average molecular weight is 372 g/mol. The van der Waals surface area contributed by atoms with Crippen LogP contribution in [0.5, 0.6) is 0 Å². The van der Waals surface area contributed by atoms with E-state index in [1.54, 1.807) is 37.3 Å². The molecular weight excluding hydrogens is 354 g/mol. The number of carbonyl (C=O) groups excluding carboxylic acids is 1. The molecule has 0 aliphatic carbocycles. The van der Waals surface area contributed by atoms with Gasteiger partial charge in [0.1, 0.15) is 5.82 Å². The van der Waals surface area contributed by atoms with Crippen LogP contribution in [-0.2, 0) is 6.42 Å². The van der Waals surface area contributed by atoms with Crippen LogP contribution in [0.25, 0.3) is 5.95 Å². The van der Waals surface area contributed by atoms with Crippen LogP contribution < -0.4 is 10.9 Å². The van der Waals surface area contributed by atoms with Crippen LogP contribution in [0.4, 0.5) is 5.82 Å². The molecule has 3 aromatic rings. The second-order valence-electron chi connectivity index (χ2n) is 5.86. The molecule has 134 valence electrons. The first-order valence-electron chi connectivity index (χ1n) is 8.20. The molecule has 2 N–H and O–H groups in total. The van der Waals surface area contributed by atoms with E-state index < -0.39 is 0 Å². The van der Waals surface area contributed by atoms with Gasteiger partial charge < -0.3 is 5.32 Å². The molecule has 26 heavy (non-hydrogen) atoms. The van der Waals surface area contributed by atoms with Gasteiger partial charge in [0.05, 0.1) is 5.69 Å². The standard InChI is InChI=1S/C18H18ClN5O2/c1-3-5-14-10-16(25)22-18(20-14)24-15(8-11(2)23-24)21-17(26)12-6-4-7-13(19)9-12/h4,6-10H,3,5H2,1-2H3,(H,21,26)(H,20,22,25). The van der Waals surface area contributed by atoms with Crippen molar-refractivity contribution in [2.24, 2.45) is 0 Å². The summed E-state index contributed by atoms with van der Waals surface area (Å²) in [6.07, 6.45) is 1.55. The largest absolute Gasteiger partial charge is 0.306 e. The molecule has 0 aliphatic heterocycles. The zero-order valence-electron chi connectivity index (χ0n) is 14.4. The van der Waals surface area contributed by atoms with Crippen molar-refractivity contribution in [3.8, 4) is 5.95 Å². The van der Waals surface area contributed by atoms with Crippen molar-refractivity contribution in [3.63, 3.8) is 0 Å². The predicted molar refractivity (Wildman–Crippen MR) is 100 cm³/mol. The van der Waals surface area contributed by atoms with Gasteiger partial charge in [0.25, 0.3) is 11.5 Å². The highest BCUT2D eigenvalue weighted by atomic mass is 35.5. The molecule has 1 amide bonds. The Morgan fingerprint density at radius 3 is 2.85 bits per heavy atom. The molecule has 7 nitrogen and oxygen atoms in total. The van der Waals surface area contributed by atoms with E-state index in [1.165, 1.54) is 10.7 Å². The van der Waals surface area contributed by atoms with Crippen LogP contribution in [-0.4, -0.2) is 25.7 Å². The van der Waals surface area contributed by atoms with Crippen molar-refractivity contribution in [1.82, 2.24) is 19.7 Å². The van der Waals surface area contributed by atoms with E-state index >= 15 is 0 Å². The molecule has 2 aromatic heterocycles. The topological polar surface area (TPSA) is 92.7 Å². The Kier molecular flexibility index (Phi) is 5.18. The Hall–Kier alpha value is -2.93. The fourth-order valence-electron chi connectivity index (χ4n) is 2.55. The van der Waals surface area contributed by atoms with Gasteiger partial charge in [0.15, 0.2) is 0 Å². The second-order valence-corrected chi connectivity index (χ2v) is 6.29. The third-order valence-corrected chi connectivity index (χ3v) is 3.88. The molecule has 2 heterocycles. The number of hydrogen-bond donors (Lipinski definition) is 2. The summed E-state index contributed by atoms with van der Waals surface area (Å²) in [5.74, 6) is 0.334. The van der Waals surface area contributed by atoms with Gasteiger partial charge in [0.2, 0.25) is 5.95 Å². The molecule has 8 heteroatoms. The highest BCUT2D eigenvalue weighted by molar-refractivity contribution is 6.31. The SMILES string of the molecule is CCCc1cc(=O)[nH]c(-n2nc(C)cc2NC(=O)c2cccc(Cl)c2)n1. The Morgan fingerprint density at radius 1 is 1.31 bits per heavy atom. The van der Waals surface area contributed by atoms with Gasteiger partial charge in [-0.2, -0.15) is 9.78 Å². The van der Waals surface area contributed by atoms with Crippen LogP contribution in [0, 0.1) is 6.92 Å². The molecule has 0 fully saturated rings. The summed E-state index contributed by atoms with van der Waals surface area (Å²) >= 11 is 5.94. The average Bonchev–Trinajstić information content (AvgIpc) is 2.95. The number of benzene rings is 1. The summed E-state index contributed by atoms with van der Waals surface area (Å²) in [6, 6.07) is 9.80. The fraction of sp³-hybridized carbons (Fsp3) is 0.222. The van der Waals surface area contributed by atoms with Crippen molar-refractivity contribution in [2.75, 3.05) is 5.32 Å². The maximum Gasteiger partial charge on any atom is 0.256 e. The molecule has 0 saturated heterocycles. The summed E-state index contributed by atoms with van der Waals surface area (Å²) in [5, 5.41) is 7.59. The number of amides is 1. The predicted octanol–water partition coefficient (Wildman–Crippen LogP) is 3.12. The lowest BCUT2D eigenvalue weighted by molar-refractivity contribution is 0.102. The maximum absolute atomic E-state index is 12.5. The normalized spacial score (nSPS) is 10.7. The van der Waals surface area contributed by atoms with Crippen molar-refractivity contribution < 1.29 is 4.79 Å². The first-order valence-corrected chi connectivity index (χ1v) is 8.58. The summed E-state index contributed by atoms with van der Waals surface area (Å²) < 4.78 is 1.42. The number of carbonyl (C=O) groups is 1. The lowest BCUT2D eigenvalue weighted by atomic mass is 10.2. The van der Waals surface area contributed by atoms with Crippen LogP contribution in [0.3, 0.4) is 0 Å². The first kappa shape index (κ1) is 17.9. The summed E-state index contributed by atoms with van der Waals surface area (Å²) in [6.45, 7) is 3.80. The molecule has 0 unspecified atom stereocenters. The first-order chi connectivity index (χ1) is 12.5. The molecule has 0 spiro atoms. The molecular formula is C18H18ClN5O2. The zero-order valence-corrected chi connectivity index (χ0v) is 15.2. The monoisotopic (exact) mass is 371 g/mol. The number of halogens is 1. The van der Waals surface area contributed by atoms with Crippen molar-refractivity contribution in [3.05, 3.63) is 68.7 Å². The van der Waals surface area contributed by atoms with Crippen molar-refractivity contribution >= 4 is 23.3 Å². The highest BCUT2D eigenvalue weighted by Gasteiger charge is 2.15. The molecule has 0 atom stereocenters. The van der Waals surface area contributed by atoms with Gasteiger partial charge >= 0.3 is 0 Å². The zero-order chi connectivity index (χ0) is 18.7. The molecule has 0 saturated carbocycles. The van der Waals surface area contributed by atoms with Crippen LogP contribution >= 0.6 is 11.6 Å². The molecule has 0 bridgehead atoms. The van der Waals surface area contributed by atoms with Gasteiger partial charge in [-0.15, -0.1) is 0 Å². The van der Waals surface area contributed by atoms with E-state index in [0.29, 0.717) is 34.2 Å². The minimum atomic E-state index is -0.333. The quantitative estimate of drug-likeness (QED) is 0.720. The third-order valence-electron chi connectivity index (χ3n) is 3.65. The van der Waals surface area contributed by atoms with Gasteiger partial charge in [-0.1, -0.05) is 31.0 Å². The Balaban J connectivity index is 1.96. The van der Waals surface area contributed by atoms with Crippen LogP contribution in [0.1, 0.15) is 35.1 Å². The fourth-order valence-corrected chi connectivity index (χ4v) is 2.74. The summed E-state index contributed by atoms with van der Waals surface area (Å²) in [7, 11) is 0. The number of aromatic nitrogens is 4. The number of nitrogens with zero attached hydrogens (tertiary/aromatic N) is 3. The number of H-pyrrole nitrogens is 1. The van der Waals surface area contributed by atoms with E-state index in [0.717, 1.165) is 6.42 Å². The van der Waals surface area contributed by atoms with E-state index in [9.17, 15) is 9.59 Å². The summed E-state index contributed by atoms with van der Waals surface area (Å²) in [5.41, 5.74) is 1.50. The van der Waals surface area contributed by atoms with Crippen LogP contribution in [0.2, 0.25) is 5.02 Å². The van der Waals surface area contributed by atoms with Crippen molar-refractivity contribution in [1.29, 1.82) is 0 Å². The maximum atomic E-state index is 12.5. The smallest absolute Gasteiger partial charge is 0.256 e. The number of aryl methyl sites for hydroxylation is 2. The molecule has 1 aromatic carbocycles. The number of hydrogen-bond acceptors (Lipinski definition) is 4. The Morgan fingerprint density at radius 2 is 2.12 bits per heavy atom. The van der Waals surface area contributed by atoms with E-state index in [1.807, 2.05) is 6.92 Å². The second kappa shape index (κ2) is 7.53. The number of rotatable bonds is 5. The van der Waals surface area contributed by atoms with E-state index in [2.05, 4.69) is 20.4 Å². The third kappa shape index (κ3) is 4.00. The van der Waals surface area contributed by atoms with Gasteiger partial charge in [0, 0.05) is 28.4 Å². The number of aromatic amines is 1. The number of anilines is 1. The summed E-state index contributed by atoms with van der Waals surface area (Å²) in [4.78, 5) is 31.5. The highest BCUT2D eigenvalue weighted by Crippen LogP contribution is 2.17. The lowest BCUT2D eigenvalue weighted by Gasteiger charge is -2.09. The number of nitrogens with one attached hydrogen (secondary N) is 2. The van der Waals surface area contributed by atoms with Gasteiger partial charge in [-0.3, -0.25) is 14.6 Å². The van der Waals surface area contributed by atoms with Gasteiger partial charge in [-0.05, 0) is 31.5 Å². The van der Waals surface area contributed by atoms with E-state index in [4.69, 9.17) is 11.6 Å². The Bertz CT molecular complexity index is 1010. The lowest BCUT2D eigenvalue weighted by Crippen LogP contribution is -2.19. The Labute approximate surface area is 155 Å². The molecule has 0 aliphatic rings. The van der Waals surface area contributed by atoms with Gasteiger partial charge in [-0.25, -0.2) is 4.98 Å². The minimum absolute atomic E-state index is 0.260. The molecule has 3 rings (SSSR count). The minimum Gasteiger partial charge on any atom is -0.306 e.